The van der Waals surface area contributed by atoms with E-state index in [1.807, 2.05) is 42.7 Å². The molecule has 0 heterocycles. The van der Waals surface area contributed by atoms with E-state index < -0.39 is 0 Å². The van der Waals surface area contributed by atoms with Gasteiger partial charge in [-0.25, -0.2) is 0 Å². The molecular weight excluding hydrogens is 463 g/mol. The monoisotopic (exact) mass is 492 g/mol. The molecule has 1 unspecified atom stereocenters. The molecule has 1 atom stereocenters. The maximum absolute atomic E-state index is 9.58. The molecule has 0 aromatic heterocycles. The van der Waals surface area contributed by atoms with E-state index in [1.54, 1.807) is 11.9 Å². The third-order valence-corrected chi connectivity index (χ3v) is 6.15. The highest BCUT2D eigenvalue weighted by atomic mass is 35.5. The fraction of sp³-hybridized carbons (Fsp3) is 0.400. The van der Waals surface area contributed by atoms with E-state index in [4.69, 9.17) is 32.7 Å². The fourth-order valence-electron chi connectivity index (χ4n) is 3.31. The molecular formula is C25H30Cl2N2O2S. The van der Waals surface area contributed by atoms with Crippen molar-refractivity contribution in [3.63, 3.8) is 0 Å². The van der Waals surface area contributed by atoms with Gasteiger partial charge >= 0.3 is 0 Å². The van der Waals surface area contributed by atoms with Crippen molar-refractivity contribution in [2.75, 3.05) is 18.7 Å². The molecule has 0 radical (unpaired) electrons. The number of alkyl halides is 1. The van der Waals surface area contributed by atoms with E-state index in [0.29, 0.717) is 28.8 Å². The Morgan fingerprint density at radius 2 is 1.94 bits per heavy atom. The van der Waals surface area contributed by atoms with E-state index in [-0.39, 0.29) is 11.5 Å². The number of halogens is 2. The molecule has 0 aliphatic carbocycles. The summed E-state index contributed by atoms with van der Waals surface area (Å²) in [7, 11) is 0. The van der Waals surface area contributed by atoms with Gasteiger partial charge in [-0.15, -0.1) is 11.6 Å². The molecule has 1 N–H and O–H groups in total. The van der Waals surface area contributed by atoms with E-state index in [9.17, 15) is 5.26 Å². The topological polar surface area (TPSA) is 54.3 Å². The second-order valence-corrected chi connectivity index (χ2v) is 9.41. The predicted molar refractivity (Wildman–Crippen MR) is 136 cm³/mol. The number of allylic oxidation sites excluding steroid dienone is 1. The summed E-state index contributed by atoms with van der Waals surface area (Å²) >= 11 is 13.7. The average molecular weight is 494 g/mol. The molecule has 0 spiro atoms. The lowest BCUT2D eigenvalue weighted by atomic mass is 9.77. The number of hydrogen-bond donors (Lipinski definition) is 1. The SMILES string of the molecule is C=C(CCC(C)Oc1ccc(C(C)(C)c2cc(Cl)c(OCCCl)c(C#N)c2)cc1)NSC. The first-order valence-corrected chi connectivity index (χ1v) is 12.5. The Morgan fingerprint density at radius 1 is 1.25 bits per heavy atom. The zero-order valence-electron chi connectivity index (χ0n) is 19.0. The summed E-state index contributed by atoms with van der Waals surface area (Å²) in [6.07, 6.45) is 3.80. The van der Waals surface area contributed by atoms with Crippen LogP contribution in [0.2, 0.25) is 5.02 Å². The minimum absolute atomic E-state index is 0.0757. The van der Waals surface area contributed by atoms with Gasteiger partial charge in [0.1, 0.15) is 18.4 Å². The summed E-state index contributed by atoms with van der Waals surface area (Å²) < 4.78 is 14.8. The Kier molecular flexibility index (Phi) is 10.1. The molecule has 0 amide bonds. The van der Waals surface area contributed by atoms with Crippen LogP contribution in [0.15, 0.2) is 48.7 Å². The zero-order valence-corrected chi connectivity index (χ0v) is 21.3. The number of nitrogens with zero attached hydrogens (tertiary/aromatic N) is 1. The van der Waals surface area contributed by atoms with Gasteiger partial charge in [-0.1, -0.05) is 56.1 Å². The number of hydrogen-bond acceptors (Lipinski definition) is 5. The minimum atomic E-state index is -0.369. The van der Waals surface area contributed by atoms with Gasteiger partial charge in [0.25, 0.3) is 0 Å². The molecule has 0 bridgehead atoms. The summed E-state index contributed by atoms with van der Waals surface area (Å²) in [5.74, 6) is 1.52. The largest absolute Gasteiger partial charge is 0.491 e. The van der Waals surface area contributed by atoms with Crippen LogP contribution in [-0.2, 0) is 5.41 Å². The molecule has 2 rings (SSSR count). The van der Waals surface area contributed by atoms with Crippen molar-refractivity contribution in [1.82, 2.24) is 4.72 Å². The summed E-state index contributed by atoms with van der Waals surface area (Å²) in [5.41, 5.74) is 3.05. The average Bonchev–Trinajstić information content (AvgIpc) is 2.77. The van der Waals surface area contributed by atoms with Crippen molar-refractivity contribution < 1.29 is 9.47 Å². The van der Waals surface area contributed by atoms with Crippen LogP contribution in [0.25, 0.3) is 0 Å². The highest BCUT2D eigenvalue weighted by Gasteiger charge is 2.26. The van der Waals surface area contributed by atoms with Crippen LogP contribution in [0.4, 0.5) is 0 Å². The Labute approximate surface area is 206 Å². The van der Waals surface area contributed by atoms with Crippen LogP contribution in [-0.4, -0.2) is 24.8 Å². The van der Waals surface area contributed by atoms with Gasteiger partial charge in [-0.3, -0.25) is 0 Å². The lowest BCUT2D eigenvalue weighted by Gasteiger charge is -2.27. The number of rotatable bonds is 12. The van der Waals surface area contributed by atoms with Crippen LogP contribution in [0.3, 0.4) is 0 Å². The molecule has 7 heteroatoms. The standard InChI is InChI=1S/C25H30Cl2N2O2S/c1-17(29-32-5)6-7-18(2)31-22-10-8-20(9-11-22)25(3,4)21-14-19(16-28)24(23(27)15-21)30-13-12-26/h8-11,14-15,18,29H,1,6-7,12-13H2,2-5H3. The lowest BCUT2D eigenvalue weighted by molar-refractivity contribution is 0.211. The maximum atomic E-state index is 9.58. The number of nitriles is 1. The van der Waals surface area contributed by atoms with Gasteiger partial charge in [0.15, 0.2) is 5.75 Å². The van der Waals surface area contributed by atoms with E-state index in [2.05, 4.69) is 38.1 Å². The van der Waals surface area contributed by atoms with Crippen LogP contribution in [0.5, 0.6) is 11.5 Å². The van der Waals surface area contributed by atoms with Gasteiger partial charge in [0, 0.05) is 17.4 Å². The predicted octanol–water partition coefficient (Wildman–Crippen LogP) is 7.08. The van der Waals surface area contributed by atoms with Crippen molar-refractivity contribution in [3.05, 3.63) is 70.4 Å². The Balaban J connectivity index is 2.15. The zero-order chi connectivity index (χ0) is 23.7. The second-order valence-electron chi connectivity index (χ2n) is 8.01. The van der Waals surface area contributed by atoms with Crippen molar-refractivity contribution in [3.8, 4) is 17.6 Å². The first-order valence-electron chi connectivity index (χ1n) is 10.4. The summed E-state index contributed by atoms with van der Waals surface area (Å²) in [6.45, 7) is 10.5. The third kappa shape index (κ3) is 7.00. The molecule has 0 saturated heterocycles. The molecule has 172 valence electrons. The third-order valence-electron chi connectivity index (χ3n) is 5.22. The molecule has 2 aromatic rings. The highest BCUT2D eigenvalue weighted by molar-refractivity contribution is 7.96. The summed E-state index contributed by atoms with van der Waals surface area (Å²) in [4.78, 5) is 0. The maximum Gasteiger partial charge on any atom is 0.155 e. The van der Waals surface area contributed by atoms with Crippen LogP contribution >= 0.6 is 35.1 Å². The molecule has 0 aliphatic heterocycles. The Bertz CT molecular complexity index is 956. The first kappa shape index (κ1) is 26.3. The van der Waals surface area contributed by atoms with Crippen LogP contribution in [0.1, 0.15) is 50.3 Å². The quantitative estimate of drug-likeness (QED) is 0.253. The molecule has 0 fully saturated rings. The number of nitrogens with one attached hydrogen (secondary N) is 1. The molecule has 2 aromatic carbocycles. The van der Waals surface area contributed by atoms with Crippen molar-refractivity contribution in [2.45, 2.75) is 45.1 Å². The molecule has 4 nitrogen and oxygen atoms in total. The van der Waals surface area contributed by atoms with E-state index in [1.165, 1.54) is 0 Å². The summed E-state index contributed by atoms with van der Waals surface area (Å²) in [5, 5.41) is 9.99. The van der Waals surface area contributed by atoms with Crippen molar-refractivity contribution >= 4 is 35.1 Å². The smallest absolute Gasteiger partial charge is 0.155 e. The first-order chi connectivity index (χ1) is 15.2. The Morgan fingerprint density at radius 3 is 2.53 bits per heavy atom. The van der Waals surface area contributed by atoms with Crippen LogP contribution < -0.4 is 14.2 Å². The molecule has 32 heavy (non-hydrogen) atoms. The van der Waals surface area contributed by atoms with Gasteiger partial charge in [0.2, 0.25) is 0 Å². The van der Waals surface area contributed by atoms with Gasteiger partial charge in [-0.05, 0) is 55.2 Å². The lowest BCUT2D eigenvalue weighted by Crippen LogP contribution is -2.19. The molecule has 0 aliphatic rings. The van der Waals surface area contributed by atoms with Gasteiger partial charge < -0.3 is 14.2 Å². The normalized spacial score (nSPS) is 12.0. The van der Waals surface area contributed by atoms with Gasteiger partial charge in [-0.2, -0.15) is 5.26 Å². The van der Waals surface area contributed by atoms with Gasteiger partial charge in [0.05, 0.1) is 22.6 Å². The minimum Gasteiger partial charge on any atom is -0.491 e. The summed E-state index contributed by atoms with van der Waals surface area (Å²) in [6, 6.07) is 13.9. The highest BCUT2D eigenvalue weighted by Crippen LogP contribution is 2.38. The number of benzene rings is 2. The molecule has 0 saturated carbocycles. The van der Waals surface area contributed by atoms with Crippen LogP contribution in [0, 0.1) is 11.3 Å². The Hall–Kier alpha value is -2.00. The van der Waals surface area contributed by atoms with Crippen molar-refractivity contribution in [2.24, 2.45) is 0 Å². The van der Waals surface area contributed by atoms with Crippen molar-refractivity contribution in [1.29, 1.82) is 5.26 Å². The van der Waals surface area contributed by atoms with E-state index in [0.717, 1.165) is 35.4 Å². The second kappa shape index (κ2) is 12.3. The number of ether oxygens (including phenoxy) is 2. The fourth-order valence-corrected chi connectivity index (χ4v) is 4.05. The van der Waals surface area contributed by atoms with E-state index >= 15 is 0 Å².